The van der Waals surface area contributed by atoms with Gasteiger partial charge >= 0.3 is 0 Å². The maximum Gasteiger partial charge on any atom is 0.231 e. The lowest BCUT2D eigenvalue weighted by atomic mass is 10.1. The van der Waals surface area contributed by atoms with Crippen LogP contribution in [-0.2, 0) is 11.3 Å². The van der Waals surface area contributed by atoms with Gasteiger partial charge in [0.15, 0.2) is 28.5 Å². The first-order valence-corrected chi connectivity index (χ1v) is 11.1. The molecule has 0 radical (unpaired) electrons. The largest absolute Gasteiger partial charge is 0.454 e. The highest BCUT2D eigenvalue weighted by molar-refractivity contribution is 5.83. The fraction of sp³-hybridized carbons (Fsp3) is 0.500. The molecular weight excluding hydrogens is 412 g/mol. The van der Waals surface area contributed by atoms with Gasteiger partial charge in [0, 0.05) is 32.7 Å². The highest BCUT2D eigenvalue weighted by Crippen LogP contribution is 2.34. The molecule has 2 atom stereocenters. The van der Waals surface area contributed by atoms with Gasteiger partial charge in [-0.2, -0.15) is 0 Å². The van der Waals surface area contributed by atoms with Gasteiger partial charge in [-0.3, -0.25) is 9.47 Å². The molecule has 3 aromatic rings. The van der Waals surface area contributed by atoms with Crippen molar-refractivity contribution >= 4 is 17.0 Å². The molecule has 10 heteroatoms. The fourth-order valence-corrected chi connectivity index (χ4v) is 4.78. The summed E-state index contributed by atoms with van der Waals surface area (Å²) in [6, 6.07) is 6.01. The van der Waals surface area contributed by atoms with Crippen molar-refractivity contribution in [2.24, 2.45) is 0 Å². The number of aliphatic hydroxyl groups excluding tert-OH is 1. The number of nitrogens with zero attached hydrogens (tertiary/aromatic N) is 6. The van der Waals surface area contributed by atoms with Crippen LogP contribution in [0.25, 0.3) is 11.2 Å². The van der Waals surface area contributed by atoms with E-state index in [4.69, 9.17) is 14.2 Å². The Balaban J connectivity index is 1.26. The van der Waals surface area contributed by atoms with Gasteiger partial charge in [-0.1, -0.05) is 6.07 Å². The Hall–Kier alpha value is -2.95. The van der Waals surface area contributed by atoms with Crippen molar-refractivity contribution < 1.29 is 19.3 Å². The Morgan fingerprint density at radius 2 is 1.91 bits per heavy atom. The highest BCUT2D eigenvalue weighted by atomic mass is 16.7. The van der Waals surface area contributed by atoms with E-state index in [2.05, 4.69) is 24.8 Å². The number of benzene rings is 1. The fourth-order valence-electron chi connectivity index (χ4n) is 4.78. The van der Waals surface area contributed by atoms with E-state index in [-0.39, 0.29) is 25.7 Å². The van der Waals surface area contributed by atoms with E-state index in [1.165, 1.54) is 12.8 Å². The van der Waals surface area contributed by atoms with Crippen molar-refractivity contribution in [3.63, 3.8) is 0 Å². The molecule has 168 valence electrons. The highest BCUT2D eigenvalue weighted by Gasteiger charge is 2.31. The number of ether oxygens (including phenoxy) is 3. The molecule has 0 unspecified atom stereocenters. The number of fused-ring (bicyclic) bond motifs is 2. The van der Waals surface area contributed by atoms with E-state index in [0.29, 0.717) is 19.6 Å². The molecule has 0 aliphatic carbocycles. The second kappa shape index (κ2) is 8.19. The van der Waals surface area contributed by atoms with E-state index >= 15 is 0 Å². The number of aromatic nitrogens is 4. The summed E-state index contributed by atoms with van der Waals surface area (Å²) >= 11 is 0. The molecule has 0 bridgehead atoms. The molecule has 3 aliphatic heterocycles. The molecule has 6 rings (SSSR count). The van der Waals surface area contributed by atoms with Crippen LogP contribution in [0.5, 0.6) is 11.5 Å². The van der Waals surface area contributed by atoms with E-state index in [1.54, 1.807) is 12.7 Å². The molecule has 2 aromatic heterocycles. The lowest BCUT2D eigenvalue weighted by molar-refractivity contribution is -0.135. The first-order valence-electron chi connectivity index (χ1n) is 11.1. The lowest BCUT2D eigenvalue weighted by Gasteiger charge is -2.38. The Bertz CT molecular complexity index is 1110. The van der Waals surface area contributed by atoms with Crippen molar-refractivity contribution in [3.8, 4) is 11.5 Å². The molecule has 3 aliphatic rings. The van der Waals surface area contributed by atoms with Crippen LogP contribution < -0.4 is 14.4 Å². The average molecular weight is 438 g/mol. The number of hydrogen-bond donors (Lipinski definition) is 1. The number of rotatable bonds is 5. The van der Waals surface area contributed by atoms with Gasteiger partial charge < -0.3 is 24.2 Å². The van der Waals surface area contributed by atoms with Crippen LogP contribution in [0.2, 0.25) is 0 Å². The molecule has 1 aromatic carbocycles. The van der Waals surface area contributed by atoms with Gasteiger partial charge in [0.25, 0.3) is 0 Å². The first-order chi connectivity index (χ1) is 15.8. The maximum absolute atomic E-state index is 9.87. The molecule has 0 amide bonds. The summed E-state index contributed by atoms with van der Waals surface area (Å²) in [6.45, 7) is 4.22. The van der Waals surface area contributed by atoms with Crippen molar-refractivity contribution in [3.05, 3.63) is 36.4 Å². The molecule has 0 saturated carbocycles. The van der Waals surface area contributed by atoms with Gasteiger partial charge in [-0.15, -0.1) is 0 Å². The standard InChI is InChI=1S/C22H26N6O4/c29-11-16-9-26(8-15-3-4-17-18(7-15)31-14-30-17)10-19(32-16)28-13-25-20-21(23-12-24-22(20)28)27-5-1-2-6-27/h3-4,7,12-13,16,19,29H,1-2,5-6,8-11,14H2/t16-,19+/m0/s1. The second-order valence-electron chi connectivity index (χ2n) is 8.49. The third-order valence-electron chi connectivity index (χ3n) is 6.33. The van der Waals surface area contributed by atoms with Crippen molar-refractivity contribution in [1.82, 2.24) is 24.4 Å². The molecule has 2 saturated heterocycles. The predicted molar refractivity (Wildman–Crippen MR) is 116 cm³/mol. The normalized spacial score (nSPS) is 23.3. The quantitative estimate of drug-likeness (QED) is 0.636. The van der Waals surface area contributed by atoms with Gasteiger partial charge in [0.05, 0.1) is 19.0 Å². The summed E-state index contributed by atoms with van der Waals surface area (Å²) in [4.78, 5) is 18.2. The molecule has 10 nitrogen and oxygen atoms in total. The van der Waals surface area contributed by atoms with Crippen LogP contribution in [0, 0.1) is 0 Å². The van der Waals surface area contributed by atoms with Gasteiger partial charge in [-0.05, 0) is 30.5 Å². The number of hydrogen-bond acceptors (Lipinski definition) is 9. The molecule has 5 heterocycles. The summed E-state index contributed by atoms with van der Waals surface area (Å²) in [6.07, 6.45) is 5.13. The van der Waals surface area contributed by atoms with E-state index in [1.807, 2.05) is 22.8 Å². The molecular formula is C22H26N6O4. The van der Waals surface area contributed by atoms with Crippen LogP contribution in [0.3, 0.4) is 0 Å². The van der Waals surface area contributed by atoms with Gasteiger partial charge in [-0.25, -0.2) is 15.0 Å². The third kappa shape index (κ3) is 3.54. The molecule has 32 heavy (non-hydrogen) atoms. The summed E-state index contributed by atoms with van der Waals surface area (Å²) in [5.74, 6) is 2.44. The smallest absolute Gasteiger partial charge is 0.231 e. The van der Waals surface area contributed by atoms with Crippen molar-refractivity contribution in [2.45, 2.75) is 31.7 Å². The molecule has 1 N–H and O–H groups in total. The zero-order valence-corrected chi connectivity index (χ0v) is 17.8. The van der Waals surface area contributed by atoms with Crippen LogP contribution in [0.15, 0.2) is 30.9 Å². The van der Waals surface area contributed by atoms with Crippen LogP contribution in [-0.4, -0.2) is 75.2 Å². The van der Waals surface area contributed by atoms with E-state index in [0.717, 1.165) is 47.1 Å². The zero-order valence-electron chi connectivity index (χ0n) is 17.8. The van der Waals surface area contributed by atoms with Gasteiger partial charge in [0.1, 0.15) is 12.6 Å². The first kappa shape index (κ1) is 19.7. The summed E-state index contributed by atoms with van der Waals surface area (Å²) in [7, 11) is 0. The Kier molecular flexibility index (Phi) is 5.05. The van der Waals surface area contributed by atoms with Crippen LogP contribution >= 0.6 is 0 Å². The summed E-state index contributed by atoms with van der Waals surface area (Å²) in [5, 5.41) is 9.87. The van der Waals surface area contributed by atoms with Crippen LogP contribution in [0.1, 0.15) is 24.6 Å². The van der Waals surface area contributed by atoms with Gasteiger partial charge in [0.2, 0.25) is 6.79 Å². The predicted octanol–water partition coefficient (Wildman–Crippen LogP) is 1.55. The van der Waals surface area contributed by atoms with E-state index < -0.39 is 0 Å². The third-order valence-corrected chi connectivity index (χ3v) is 6.33. The maximum atomic E-state index is 9.87. The molecule has 0 spiro atoms. The Labute approximate surface area is 185 Å². The van der Waals surface area contributed by atoms with E-state index in [9.17, 15) is 5.11 Å². The number of aliphatic hydroxyl groups is 1. The number of morpholine rings is 1. The minimum atomic E-state index is -0.304. The van der Waals surface area contributed by atoms with Crippen molar-refractivity contribution in [1.29, 1.82) is 0 Å². The monoisotopic (exact) mass is 438 g/mol. The average Bonchev–Trinajstić information content (AvgIpc) is 3.58. The Morgan fingerprint density at radius 3 is 2.78 bits per heavy atom. The minimum absolute atomic E-state index is 0.0468. The number of imidazole rings is 1. The topological polar surface area (TPSA) is 98.0 Å². The van der Waals surface area contributed by atoms with Crippen molar-refractivity contribution in [2.75, 3.05) is 44.5 Å². The summed E-state index contributed by atoms with van der Waals surface area (Å²) < 4.78 is 19.1. The second-order valence-corrected chi connectivity index (χ2v) is 8.49. The molecule has 2 fully saturated rings. The number of anilines is 1. The lowest BCUT2D eigenvalue weighted by Crippen LogP contribution is -2.46. The minimum Gasteiger partial charge on any atom is -0.454 e. The summed E-state index contributed by atoms with van der Waals surface area (Å²) in [5.41, 5.74) is 2.68. The Morgan fingerprint density at radius 1 is 1.03 bits per heavy atom. The SMILES string of the molecule is OC[C@@H]1CN(Cc2ccc3c(c2)OCO3)C[C@H](n2cnc3c(N4CCCC4)ncnc32)O1. The van der Waals surface area contributed by atoms with Crippen LogP contribution in [0.4, 0.5) is 5.82 Å². The zero-order chi connectivity index (χ0) is 21.5.